The molecule has 1 amide bonds. The molecule has 0 unspecified atom stereocenters. The van der Waals surface area contributed by atoms with Gasteiger partial charge in [-0.05, 0) is 55.3 Å². The lowest BCUT2D eigenvalue weighted by Crippen LogP contribution is -2.31. The van der Waals surface area contributed by atoms with Gasteiger partial charge in [0, 0.05) is 25.0 Å². The van der Waals surface area contributed by atoms with E-state index in [1.54, 1.807) is 6.07 Å². The first-order valence-corrected chi connectivity index (χ1v) is 13.9. The van der Waals surface area contributed by atoms with Crippen LogP contribution in [0.4, 0.5) is 5.13 Å². The van der Waals surface area contributed by atoms with Crippen molar-refractivity contribution in [2.45, 2.75) is 28.7 Å². The van der Waals surface area contributed by atoms with Gasteiger partial charge in [-0.15, -0.1) is 0 Å². The van der Waals surface area contributed by atoms with Gasteiger partial charge >= 0.3 is 0 Å². The maximum absolute atomic E-state index is 12.6. The van der Waals surface area contributed by atoms with Gasteiger partial charge in [0.25, 0.3) is 5.91 Å². The molecule has 4 rings (SSSR count). The van der Waals surface area contributed by atoms with Gasteiger partial charge in [0.05, 0.1) is 26.1 Å². The molecule has 1 aromatic heterocycles. The number of hydrogen-bond acceptors (Lipinski definition) is 8. The highest BCUT2D eigenvalue weighted by molar-refractivity contribution is 7.90. The first kappa shape index (κ1) is 22.8. The predicted molar refractivity (Wildman–Crippen MR) is 121 cm³/mol. The van der Waals surface area contributed by atoms with Crippen LogP contribution in [-0.4, -0.2) is 53.2 Å². The zero-order valence-electron chi connectivity index (χ0n) is 17.1. The molecule has 2 heterocycles. The van der Waals surface area contributed by atoms with E-state index in [0.29, 0.717) is 22.0 Å². The minimum absolute atomic E-state index is 0.0559. The summed E-state index contributed by atoms with van der Waals surface area (Å²) in [4.78, 5) is 17.1. The molecule has 1 saturated heterocycles. The van der Waals surface area contributed by atoms with Crippen LogP contribution in [0.5, 0.6) is 0 Å². The molecule has 0 bridgehead atoms. The van der Waals surface area contributed by atoms with Crippen molar-refractivity contribution < 1.29 is 26.4 Å². The number of sulfone groups is 1. The van der Waals surface area contributed by atoms with Crippen molar-refractivity contribution in [2.24, 2.45) is 0 Å². The quantitative estimate of drug-likeness (QED) is 0.514. The Morgan fingerprint density at radius 3 is 2.50 bits per heavy atom. The number of rotatable bonds is 7. The summed E-state index contributed by atoms with van der Waals surface area (Å²) in [6.45, 7) is 0.854. The number of sulfonamides is 1. The fourth-order valence-corrected chi connectivity index (χ4v) is 5.92. The van der Waals surface area contributed by atoms with Crippen LogP contribution in [-0.2, 0) is 24.6 Å². The fourth-order valence-electron chi connectivity index (χ4n) is 3.24. The smallest absolute Gasteiger partial charge is 0.257 e. The van der Waals surface area contributed by atoms with Gasteiger partial charge in [-0.3, -0.25) is 10.1 Å². The predicted octanol–water partition coefficient (Wildman–Crippen LogP) is 2.41. The summed E-state index contributed by atoms with van der Waals surface area (Å²) in [5.74, 6) is -0.455. The molecule has 1 aliphatic rings. The summed E-state index contributed by atoms with van der Waals surface area (Å²) in [6, 6.07) is 10.1. The molecule has 1 atom stereocenters. The fraction of sp³-hybridized carbons (Fsp3) is 0.300. The number of thiazole rings is 1. The highest BCUT2D eigenvalue weighted by Crippen LogP contribution is 2.28. The van der Waals surface area contributed by atoms with E-state index in [1.807, 2.05) is 0 Å². The Labute approximate surface area is 189 Å². The zero-order valence-corrected chi connectivity index (χ0v) is 19.5. The molecule has 0 radical (unpaired) electrons. The molecular weight excluding hydrogens is 474 g/mol. The molecule has 32 heavy (non-hydrogen) atoms. The normalized spacial score (nSPS) is 17.0. The Balaban J connectivity index is 1.44. The molecule has 0 spiro atoms. The lowest BCUT2D eigenvalue weighted by atomic mass is 10.2. The summed E-state index contributed by atoms with van der Waals surface area (Å²) >= 11 is 1.15. The highest BCUT2D eigenvalue weighted by Gasteiger charge is 2.21. The highest BCUT2D eigenvalue weighted by atomic mass is 32.2. The van der Waals surface area contributed by atoms with E-state index in [2.05, 4.69) is 15.0 Å². The summed E-state index contributed by atoms with van der Waals surface area (Å²) in [5.41, 5.74) is 0.829. The number of carbonyl (C=O) groups excluding carboxylic acids is 1. The van der Waals surface area contributed by atoms with Crippen molar-refractivity contribution in [1.82, 2.24) is 9.71 Å². The molecule has 2 aromatic carbocycles. The monoisotopic (exact) mass is 495 g/mol. The first-order chi connectivity index (χ1) is 15.1. The lowest BCUT2D eigenvalue weighted by molar-refractivity contribution is 0.102. The Morgan fingerprint density at radius 1 is 1.12 bits per heavy atom. The van der Waals surface area contributed by atoms with E-state index in [0.717, 1.165) is 30.4 Å². The van der Waals surface area contributed by atoms with E-state index in [-0.39, 0.29) is 28.0 Å². The zero-order chi connectivity index (χ0) is 22.9. The summed E-state index contributed by atoms with van der Waals surface area (Å²) in [7, 11) is -7.05. The van der Waals surface area contributed by atoms with Crippen LogP contribution in [0.3, 0.4) is 0 Å². The second-order valence-electron chi connectivity index (χ2n) is 7.39. The van der Waals surface area contributed by atoms with Gasteiger partial charge in [-0.25, -0.2) is 26.5 Å². The summed E-state index contributed by atoms with van der Waals surface area (Å²) in [6.07, 6.45) is 2.75. The number of nitrogens with zero attached hydrogens (tertiary/aromatic N) is 1. The SMILES string of the molecule is CS(=O)(=O)c1ccc2nc(NC(=O)c3ccc(S(=O)(=O)NC[C@@H]4CCCO4)cc3)sc2c1. The second kappa shape index (κ2) is 8.87. The number of fused-ring (bicyclic) bond motifs is 1. The molecule has 12 heteroatoms. The van der Waals surface area contributed by atoms with Crippen molar-refractivity contribution in [3.8, 4) is 0 Å². The Bertz CT molecular complexity index is 1360. The Hall–Kier alpha value is -2.38. The Morgan fingerprint density at radius 2 is 1.84 bits per heavy atom. The summed E-state index contributed by atoms with van der Waals surface area (Å²) in [5, 5.41) is 2.97. The lowest BCUT2D eigenvalue weighted by Gasteiger charge is -2.11. The van der Waals surface area contributed by atoms with E-state index in [4.69, 9.17) is 4.74 Å². The van der Waals surface area contributed by atoms with Crippen LogP contribution < -0.4 is 10.0 Å². The largest absolute Gasteiger partial charge is 0.377 e. The number of aromatic nitrogens is 1. The minimum atomic E-state index is -3.70. The number of hydrogen-bond donors (Lipinski definition) is 2. The average Bonchev–Trinajstić information content (AvgIpc) is 3.40. The van der Waals surface area contributed by atoms with Crippen LogP contribution in [0.15, 0.2) is 52.3 Å². The number of anilines is 1. The third kappa shape index (κ3) is 5.15. The molecule has 1 fully saturated rings. The number of ether oxygens (including phenoxy) is 1. The molecule has 1 aliphatic heterocycles. The molecule has 2 N–H and O–H groups in total. The van der Waals surface area contributed by atoms with Crippen LogP contribution in [0.25, 0.3) is 10.2 Å². The van der Waals surface area contributed by atoms with Crippen LogP contribution >= 0.6 is 11.3 Å². The van der Waals surface area contributed by atoms with E-state index in [9.17, 15) is 21.6 Å². The van der Waals surface area contributed by atoms with Crippen LogP contribution in [0, 0.1) is 0 Å². The topological polar surface area (TPSA) is 132 Å². The standard InChI is InChI=1S/C20H21N3O6S3/c1-31(25,26)16-8-9-17-18(11-16)30-20(22-17)23-19(24)13-4-6-15(7-5-13)32(27,28)21-12-14-3-2-10-29-14/h4-9,11,14,21H,2-3,10,12H2,1H3,(H,22,23,24)/t14-/m0/s1. The van der Waals surface area contributed by atoms with Crippen molar-refractivity contribution >= 4 is 52.5 Å². The van der Waals surface area contributed by atoms with Crippen molar-refractivity contribution in [2.75, 3.05) is 24.7 Å². The molecule has 9 nitrogen and oxygen atoms in total. The number of amides is 1. The van der Waals surface area contributed by atoms with Gasteiger partial charge < -0.3 is 4.74 Å². The molecular formula is C20H21N3O6S3. The van der Waals surface area contributed by atoms with Gasteiger partial charge in [0.2, 0.25) is 10.0 Å². The van der Waals surface area contributed by atoms with Gasteiger partial charge in [0.15, 0.2) is 15.0 Å². The molecule has 3 aromatic rings. The van der Waals surface area contributed by atoms with E-state index in [1.165, 1.54) is 36.4 Å². The third-order valence-electron chi connectivity index (χ3n) is 4.96. The maximum Gasteiger partial charge on any atom is 0.257 e. The van der Waals surface area contributed by atoms with Crippen LogP contribution in [0.2, 0.25) is 0 Å². The third-order valence-corrected chi connectivity index (χ3v) is 8.44. The van der Waals surface area contributed by atoms with Crippen molar-refractivity contribution in [1.29, 1.82) is 0 Å². The first-order valence-electron chi connectivity index (χ1n) is 9.75. The van der Waals surface area contributed by atoms with Crippen molar-refractivity contribution in [3.05, 3.63) is 48.0 Å². The number of benzene rings is 2. The molecule has 0 saturated carbocycles. The summed E-state index contributed by atoms with van der Waals surface area (Å²) < 4.78 is 56.9. The van der Waals surface area contributed by atoms with E-state index < -0.39 is 25.8 Å². The van der Waals surface area contributed by atoms with Gasteiger partial charge in [-0.2, -0.15) is 0 Å². The second-order valence-corrected chi connectivity index (χ2v) is 12.2. The number of nitrogens with one attached hydrogen (secondary N) is 2. The van der Waals surface area contributed by atoms with E-state index >= 15 is 0 Å². The minimum Gasteiger partial charge on any atom is -0.377 e. The van der Waals surface area contributed by atoms with Crippen molar-refractivity contribution in [3.63, 3.8) is 0 Å². The van der Waals surface area contributed by atoms with Crippen LogP contribution in [0.1, 0.15) is 23.2 Å². The van der Waals surface area contributed by atoms with Gasteiger partial charge in [0.1, 0.15) is 0 Å². The number of carbonyl (C=O) groups is 1. The molecule has 0 aliphatic carbocycles. The maximum atomic E-state index is 12.6. The van der Waals surface area contributed by atoms with Gasteiger partial charge in [-0.1, -0.05) is 11.3 Å². The average molecular weight is 496 g/mol. The molecule has 170 valence electrons. The Kier molecular flexibility index (Phi) is 6.32.